The van der Waals surface area contributed by atoms with Gasteiger partial charge in [-0.1, -0.05) is 6.92 Å². The monoisotopic (exact) mass is 275 g/mol. The van der Waals surface area contributed by atoms with Crippen LogP contribution >= 0.6 is 0 Å². The van der Waals surface area contributed by atoms with Crippen LogP contribution in [0.4, 0.5) is 0 Å². The molecule has 1 heterocycles. The van der Waals surface area contributed by atoms with Gasteiger partial charge < -0.3 is 5.32 Å². The lowest BCUT2D eigenvalue weighted by molar-refractivity contribution is 0.268. The molecule has 0 amide bonds. The molecule has 18 heavy (non-hydrogen) atoms. The molecule has 6 heteroatoms. The lowest BCUT2D eigenvalue weighted by Crippen LogP contribution is -2.41. The number of hydrogen-bond donors (Lipinski definition) is 2. The van der Waals surface area contributed by atoms with Crippen molar-refractivity contribution in [1.82, 2.24) is 14.9 Å². The number of nitrogens with one attached hydrogen (secondary N) is 2. The zero-order valence-electron chi connectivity index (χ0n) is 11.2. The number of likely N-dealkylation sites (tertiary alicyclic amines) is 1. The Morgan fingerprint density at radius 3 is 2.72 bits per heavy atom. The summed E-state index contributed by atoms with van der Waals surface area (Å²) in [5.74, 6) is 0.197. The van der Waals surface area contributed by atoms with Crippen LogP contribution in [0.5, 0.6) is 0 Å². The van der Waals surface area contributed by atoms with Crippen molar-refractivity contribution in [1.29, 1.82) is 0 Å². The van der Waals surface area contributed by atoms with E-state index in [2.05, 4.69) is 21.9 Å². The van der Waals surface area contributed by atoms with E-state index < -0.39 is 10.0 Å². The van der Waals surface area contributed by atoms with Gasteiger partial charge in [0.05, 0.1) is 5.75 Å². The third-order valence-corrected chi connectivity index (χ3v) is 5.17. The minimum absolute atomic E-state index is 0.197. The lowest BCUT2D eigenvalue weighted by atomic mass is 10.2. The highest BCUT2D eigenvalue weighted by Crippen LogP contribution is 2.18. The number of nitrogens with zero attached hydrogens (tertiary/aromatic N) is 1. The van der Waals surface area contributed by atoms with Crippen molar-refractivity contribution >= 4 is 10.0 Å². The first kappa shape index (κ1) is 14.2. The molecule has 1 unspecified atom stereocenters. The Hall–Kier alpha value is -0.170. The van der Waals surface area contributed by atoms with Crippen molar-refractivity contribution in [2.75, 3.05) is 31.9 Å². The molecule has 5 nitrogen and oxygen atoms in total. The molecule has 1 aliphatic carbocycles. The van der Waals surface area contributed by atoms with E-state index in [-0.39, 0.29) is 5.75 Å². The van der Waals surface area contributed by atoms with Gasteiger partial charge in [0.25, 0.3) is 0 Å². The van der Waals surface area contributed by atoms with Gasteiger partial charge in [0.15, 0.2) is 0 Å². The zero-order valence-corrected chi connectivity index (χ0v) is 12.0. The van der Waals surface area contributed by atoms with Gasteiger partial charge in [-0.2, -0.15) is 0 Å². The van der Waals surface area contributed by atoms with Crippen molar-refractivity contribution in [2.45, 2.75) is 44.7 Å². The number of likely N-dealkylation sites (N-methyl/N-ethyl adjacent to an activating group) is 1. The molecule has 106 valence electrons. The number of rotatable bonds is 8. The topological polar surface area (TPSA) is 61.4 Å². The van der Waals surface area contributed by atoms with Crippen LogP contribution in [0.15, 0.2) is 0 Å². The number of sulfonamides is 1. The van der Waals surface area contributed by atoms with Crippen molar-refractivity contribution in [3.05, 3.63) is 0 Å². The standard InChI is InChI=1S/C12H25N3O2S/c1-2-15-8-3-4-12(15)10-14-18(16,17)9-7-13-11-5-6-11/h11-14H,2-10H2,1H3. The smallest absolute Gasteiger partial charge is 0.212 e. The van der Waals surface area contributed by atoms with Gasteiger partial charge in [-0.25, -0.2) is 13.1 Å². The quantitative estimate of drug-likeness (QED) is 0.661. The van der Waals surface area contributed by atoms with Gasteiger partial charge in [-0.15, -0.1) is 0 Å². The van der Waals surface area contributed by atoms with Gasteiger partial charge in [0, 0.05) is 25.2 Å². The molecule has 1 saturated carbocycles. The summed E-state index contributed by atoms with van der Waals surface area (Å²) in [6.45, 7) is 5.38. The molecule has 2 fully saturated rings. The minimum Gasteiger partial charge on any atom is -0.313 e. The summed E-state index contributed by atoms with van der Waals surface area (Å²) in [5, 5.41) is 3.23. The molecule has 1 atom stereocenters. The van der Waals surface area contributed by atoms with Crippen LogP contribution in [0, 0.1) is 0 Å². The Labute approximate surface area is 110 Å². The molecule has 1 saturated heterocycles. The molecule has 0 aromatic rings. The highest BCUT2D eigenvalue weighted by Gasteiger charge is 2.25. The van der Waals surface area contributed by atoms with Crippen LogP contribution in [0.25, 0.3) is 0 Å². The van der Waals surface area contributed by atoms with Gasteiger partial charge in [-0.05, 0) is 38.8 Å². The highest BCUT2D eigenvalue weighted by atomic mass is 32.2. The Morgan fingerprint density at radius 2 is 2.06 bits per heavy atom. The summed E-state index contributed by atoms with van der Waals surface area (Å²) in [6, 6.07) is 0.965. The summed E-state index contributed by atoms with van der Waals surface area (Å²) in [4.78, 5) is 2.35. The third kappa shape index (κ3) is 4.50. The minimum atomic E-state index is -3.11. The van der Waals surface area contributed by atoms with Crippen LogP contribution in [0.3, 0.4) is 0 Å². The largest absolute Gasteiger partial charge is 0.313 e. The van der Waals surface area contributed by atoms with E-state index in [0.717, 1.165) is 19.5 Å². The first-order valence-electron chi connectivity index (χ1n) is 7.05. The fourth-order valence-electron chi connectivity index (χ4n) is 2.52. The van der Waals surface area contributed by atoms with Crippen molar-refractivity contribution in [3.63, 3.8) is 0 Å². The van der Waals surface area contributed by atoms with Gasteiger partial charge >= 0.3 is 0 Å². The molecule has 0 radical (unpaired) electrons. The molecule has 2 aliphatic rings. The molecule has 0 bridgehead atoms. The molecule has 0 aromatic carbocycles. The fraction of sp³-hybridized carbons (Fsp3) is 1.00. The highest BCUT2D eigenvalue weighted by molar-refractivity contribution is 7.89. The van der Waals surface area contributed by atoms with E-state index in [0.29, 0.717) is 25.2 Å². The average Bonchev–Trinajstić information content (AvgIpc) is 3.03. The second kappa shape index (κ2) is 6.32. The average molecular weight is 275 g/mol. The van der Waals surface area contributed by atoms with E-state index in [1.165, 1.54) is 19.3 Å². The third-order valence-electron chi connectivity index (χ3n) is 3.83. The predicted octanol–water partition coefficient (Wildman–Crippen LogP) is 0.142. The van der Waals surface area contributed by atoms with Crippen molar-refractivity contribution in [2.24, 2.45) is 0 Å². The Bertz CT molecular complexity index is 354. The van der Waals surface area contributed by atoms with E-state index >= 15 is 0 Å². The molecule has 1 aliphatic heterocycles. The first-order valence-corrected chi connectivity index (χ1v) is 8.70. The van der Waals surface area contributed by atoms with Crippen LogP contribution in [0.2, 0.25) is 0 Å². The summed E-state index contributed by atoms with van der Waals surface area (Å²) in [6.07, 6.45) is 4.68. The normalized spacial score (nSPS) is 25.7. The molecular formula is C12H25N3O2S. The van der Waals surface area contributed by atoms with Gasteiger partial charge in [0.2, 0.25) is 10.0 Å². The maximum Gasteiger partial charge on any atom is 0.212 e. The fourth-order valence-corrected chi connectivity index (χ4v) is 3.50. The van der Waals surface area contributed by atoms with Crippen molar-refractivity contribution in [3.8, 4) is 0 Å². The molecule has 0 aromatic heterocycles. The molecule has 0 spiro atoms. The Morgan fingerprint density at radius 1 is 1.28 bits per heavy atom. The molecule has 2 N–H and O–H groups in total. The molecule has 2 rings (SSSR count). The van der Waals surface area contributed by atoms with E-state index in [1.807, 2.05) is 0 Å². The van der Waals surface area contributed by atoms with E-state index in [9.17, 15) is 8.42 Å². The summed E-state index contributed by atoms with van der Waals surface area (Å²) in [7, 11) is -3.11. The summed E-state index contributed by atoms with van der Waals surface area (Å²) < 4.78 is 26.4. The van der Waals surface area contributed by atoms with E-state index in [1.54, 1.807) is 0 Å². The summed E-state index contributed by atoms with van der Waals surface area (Å²) in [5.41, 5.74) is 0. The first-order chi connectivity index (χ1) is 8.61. The van der Waals surface area contributed by atoms with Crippen molar-refractivity contribution < 1.29 is 8.42 Å². The Balaban J connectivity index is 1.66. The second-order valence-corrected chi connectivity index (χ2v) is 7.25. The van der Waals surface area contributed by atoms with Crippen LogP contribution in [-0.2, 0) is 10.0 Å². The second-order valence-electron chi connectivity index (χ2n) is 5.32. The van der Waals surface area contributed by atoms with E-state index in [4.69, 9.17) is 0 Å². The summed E-state index contributed by atoms with van der Waals surface area (Å²) >= 11 is 0. The maximum absolute atomic E-state index is 11.8. The number of hydrogen-bond acceptors (Lipinski definition) is 4. The predicted molar refractivity (Wildman–Crippen MR) is 73.1 cm³/mol. The van der Waals surface area contributed by atoms with Gasteiger partial charge in [-0.3, -0.25) is 4.90 Å². The van der Waals surface area contributed by atoms with Crippen LogP contribution < -0.4 is 10.0 Å². The maximum atomic E-state index is 11.8. The van der Waals surface area contributed by atoms with Gasteiger partial charge in [0.1, 0.15) is 0 Å². The molecular weight excluding hydrogens is 250 g/mol. The zero-order chi connectivity index (χ0) is 13.0. The Kier molecular flexibility index (Phi) is 5.00. The SMILES string of the molecule is CCN1CCCC1CNS(=O)(=O)CCNC1CC1. The lowest BCUT2D eigenvalue weighted by Gasteiger charge is -2.22. The van der Waals surface area contributed by atoms with Crippen LogP contribution in [0.1, 0.15) is 32.6 Å². The van der Waals surface area contributed by atoms with Crippen LogP contribution in [-0.4, -0.2) is 57.3 Å².